The van der Waals surface area contributed by atoms with Gasteiger partial charge in [-0.2, -0.15) is 0 Å². The Morgan fingerprint density at radius 1 is 1.09 bits per heavy atom. The number of anilines is 1. The van der Waals surface area contributed by atoms with Crippen LogP contribution in [0, 0.1) is 19.7 Å². The average molecular weight is 460 g/mol. The highest BCUT2D eigenvalue weighted by Gasteiger charge is 2.19. The summed E-state index contributed by atoms with van der Waals surface area (Å²) in [4.78, 5) is 24.8. The van der Waals surface area contributed by atoms with E-state index >= 15 is 0 Å². The molecule has 1 amide bonds. The predicted molar refractivity (Wildman–Crippen MR) is 130 cm³/mol. The van der Waals surface area contributed by atoms with Gasteiger partial charge in [0.1, 0.15) is 11.4 Å². The molecule has 0 saturated carbocycles. The Hall–Kier alpha value is -3.91. The number of rotatable bonds is 6. The SMILES string of the molecule is Cc1nc2ccc(-c3cnc(C(C)(C)O)nc3)cc2c(NCc2cc(C(N)=O)ccc2F)c1C. The van der Waals surface area contributed by atoms with Crippen LogP contribution in [-0.2, 0) is 12.1 Å². The van der Waals surface area contributed by atoms with Crippen LogP contribution in [0.25, 0.3) is 22.0 Å². The fourth-order valence-corrected chi connectivity index (χ4v) is 3.73. The maximum atomic E-state index is 14.4. The molecule has 0 radical (unpaired) electrons. The predicted octanol–water partition coefficient (Wildman–Crippen LogP) is 4.39. The zero-order valence-electron chi connectivity index (χ0n) is 19.5. The van der Waals surface area contributed by atoms with Crippen LogP contribution in [0.5, 0.6) is 0 Å². The zero-order chi connectivity index (χ0) is 24.6. The molecule has 2 aromatic heterocycles. The molecule has 34 heavy (non-hydrogen) atoms. The van der Waals surface area contributed by atoms with E-state index in [1.807, 2.05) is 32.0 Å². The molecule has 7 nitrogen and oxygen atoms in total. The van der Waals surface area contributed by atoms with Gasteiger partial charge in [0.2, 0.25) is 5.91 Å². The number of carbonyl (C=O) groups is 1. The number of nitrogens with two attached hydrogens (primary N) is 1. The summed E-state index contributed by atoms with van der Waals surface area (Å²) in [5.41, 5.74) is 9.88. The van der Waals surface area contributed by atoms with Crippen LogP contribution in [0.1, 0.15) is 46.9 Å². The molecule has 0 fully saturated rings. The quantitative estimate of drug-likeness (QED) is 0.394. The lowest BCUT2D eigenvalue weighted by Gasteiger charge is -2.17. The van der Waals surface area contributed by atoms with Gasteiger partial charge in [0.05, 0.1) is 5.52 Å². The van der Waals surface area contributed by atoms with Gasteiger partial charge in [-0.3, -0.25) is 9.78 Å². The summed E-state index contributed by atoms with van der Waals surface area (Å²) in [6, 6.07) is 9.91. The number of carbonyl (C=O) groups excluding carboxylic acids is 1. The lowest BCUT2D eigenvalue weighted by atomic mass is 10.0. The Balaban J connectivity index is 1.74. The minimum atomic E-state index is -1.13. The molecule has 4 aromatic rings. The lowest BCUT2D eigenvalue weighted by Crippen LogP contribution is -2.19. The first-order chi connectivity index (χ1) is 16.0. The maximum Gasteiger partial charge on any atom is 0.248 e. The van der Waals surface area contributed by atoms with Crippen molar-refractivity contribution in [1.82, 2.24) is 15.0 Å². The molecule has 0 aliphatic rings. The van der Waals surface area contributed by atoms with E-state index in [0.717, 1.165) is 39.0 Å². The number of hydrogen-bond acceptors (Lipinski definition) is 6. The van der Waals surface area contributed by atoms with E-state index in [4.69, 9.17) is 5.73 Å². The zero-order valence-corrected chi connectivity index (χ0v) is 19.5. The standard InChI is InChI=1S/C26H26FN5O2/c1-14-15(2)32-22-8-6-16(19-12-30-25(31-13-19)26(3,4)34)10-20(22)23(14)29-11-18-9-17(24(28)33)5-7-21(18)27/h5-10,12-13,34H,11H2,1-4H3,(H2,28,33)(H,29,32). The van der Waals surface area contributed by atoms with E-state index in [-0.39, 0.29) is 12.1 Å². The summed E-state index contributed by atoms with van der Waals surface area (Å²) in [6.07, 6.45) is 3.35. The van der Waals surface area contributed by atoms with Crippen LogP contribution in [0.4, 0.5) is 10.1 Å². The summed E-state index contributed by atoms with van der Waals surface area (Å²) in [6.45, 7) is 7.31. The van der Waals surface area contributed by atoms with Gasteiger partial charge in [-0.05, 0) is 69.2 Å². The second-order valence-corrected chi connectivity index (χ2v) is 8.81. The summed E-state index contributed by atoms with van der Waals surface area (Å²) >= 11 is 0. The normalized spacial score (nSPS) is 11.6. The number of fused-ring (bicyclic) bond motifs is 1. The summed E-state index contributed by atoms with van der Waals surface area (Å²) in [5.74, 6) is -0.687. The van der Waals surface area contributed by atoms with Crippen LogP contribution in [0.15, 0.2) is 48.8 Å². The van der Waals surface area contributed by atoms with E-state index in [1.165, 1.54) is 18.2 Å². The van der Waals surface area contributed by atoms with Crippen molar-refractivity contribution >= 4 is 22.5 Å². The van der Waals surface area contributed by atoms with Crippen LogP contribution in [0.3, 0.4) is 0 Å². The van der Waals surface area contributed by atoms with Crippen molar-refractivity contribution in [3.8, 4) is 11.1 Å². The largest absolute Gasteiger partial charge is 0.382 e. The number of pyridine rings is 1. The summed E-state index contributed by atoms with van der Waals surface area (Å²) in [5, 5.41) is 14.3. The van der Waals surface area contributed by atoms with E-state index in [1.54, 1.807) is 26.2 Å². The Morgan fingerprint density at radius 2 is 1.79 bits per heavy atom. The van der Waals surface area contributed by atoms with Crippen molar-refractivity contribution in [2.75, 3.05) is 5.32 Å². The van der Waals surface area contributed by atoms with Gasteiger partial charge < -0.3 is 16.2 Å². The van der Waals surface area contributed by atoms with Crippen LogP contribution in [-0.4, -0.2) is 26.0 Å². The second-order valence-electron chi connectivity index (χ2n) is 8.81. The Labute approximate surface area is 196 Å². The first kappa shape index (κ1) is 23.3. The van der Waals surface area contributed by atoms with Crippen molar-refractivity contribution in [1.29, 1.82) is 0 Å². The van der Waals surface area contributed by atoms with Gasteiger partial charge in [0.25, 0.3) is 0 Å². The van der Waals surface area contributed by atoms with E-state index in [0.29, 0.717) is 11.4 Å². The third-order valence-corrected chi connectivity index (χ3v) is 5.79. The number of nitrogens with one attached hydrogen (secondary N) is 1. The van der Waals surface area contributed by atoms with Crippen molar-refractivity contribution in [3.05, 3.63) is 82.8 Å². The van der Waals surface area contributed by atoms with Crippen molar-refractivity contribution in [2.24, 2.45) is 5.73 Å². The molecule has 0 aliphatic carbocycles. The van der Waals surface area contributed by atoms with Gasteiger partial charge in [0, 0.05) is 52.4 Å². The molecule has 0 unspecified atom stereocenters. The van der Waals surface area contributed by atoms with E-state index in [2.05, 4.69) is 20.3 Å². The number of hydrogen-bond donors (Lipinski definition) is 3. The third-order valence-electron chi connectivity index (χ3n) is 5.79. The molecule has 4 rings (SSSR count). The Bertz CT molecular complexity index is 1400. The minimum Gasteiger partial charge on any atom is -0.382 e. The number of aromatic nitrogens is 3. The molecule has 0 saturated heterocycles. The summed E-state index contributed by atoms with van der Waals surface area (Å²) in [7, 11) is 0. The van der Waals surface area contributed by atoms with Gasteiger partial charge in [-0.15, -0.1) is 0 Å². The first-order valence-corrected chi connectivity index (χ1v) is 10.8. The van der Waals surface area contributed by atoms with E-state index < -0.39 is 17.3 Å². The van der Waals surface area contributed by atoms with E-state index in [9.17, 15) is 14.3 Å². The van der Waals surface area contributed by atoms with Gasteiger partial charge in [-0.1, -0.05) is 6.07 Å². The second kappa shape index (κ2) is 8.79. The molecule has 2 aromatic carbocycles. The molecule has 0 spiro atoms. The molecule has 174 valence electrons. The molecule has 0 bridgehead atoms. The summed E-state index contributed by atoms with van der Waals surface area (Å²) < 4.78 is 14.4. The van der Waals surface area contributed by atoms with Crippen LogP contribution >= 0.6 is 0 Å². The highest BCUT2D eigenvalue weighted by Crippen LogP contribution is 2.32. The number of amides is 1. The number of aryl methyl sites for hydroxylation is 1. The highest BCUT2D eigenvalue weighted by molar-refractivity contribution is 5.96. The monoisotopic (exact) mass is 459 g/mol. The fraction of sp³-hybridized carbons (Fsp3) is 0.231. The van der Waals surface area contributed by atoms with Crippen LogP contribution in [0.2, 0.25) is 0 Å². The molecular weight excluding hydrogens is 433 g/mol. The molecule has 0 atom stereocenters. The van der Waals surface area contributed by atoms with Gasteiger partial charge in [0.15, 0.2) is 5.82 Å². The fourth-order valence-electron chi connectivity index (χ4n) is 3.73. The smallest absolute Gasteiger partial charge is 0.248 e. The molecule has 8 heteroatoms. The Morgan fingerprint density at radius 3 is 2.44 bits per heavy atom. The van der Waals surface area contributed by atoms with Crippen molar-refractivity contribution in [3.63, 3.8) is 0 Å². The highest BCUT2D eigenvalue weighted by atomic mass is 19.1. The first-order valence-electron chi connectivity index (χ1n) is 10.8. The van der Waals surface area contributed by atoms with Crippen LogP contribution < -0.4 is 11.1 Å². The van der Waals surface area contributed by atoms with Gasteiger partial charge >= 0.3 is 0 Å². The molecule has 0 aliphatic heterocycles. The van der Waals surface area contributed by atoms with Gasteiger partial charge in [-0.25, -0.2) is 14.4 Å². The molecule has 4 N–H and O–H groups in total. The Kier molecular flexibility index (Phi) is 6.01. The minimum absolute atomic E-state index is 0.167. The van der Waals surface area contributed by atoms with Crippen molar-refractivity contribution < 1.29 is 14.3 Å². The average Bonchev–Trinajstić information content (AvgIpc) is 2.79. The number of aliphatic hydroxyl groups is 1. The number of primary amides is 1. The number of halogens is 1. The lowest BCUT2D eigenvalue weighted by molar-refractivity contribution is 0.0687. The topological polar surface area (TPSA) is 114 Å². The number of benzene rings is 2. The number of nitrogens with zero attached hydrogens (tertiary/aromatic N) is 3. The molecule has 2 heterocycles. The maximum absolute atomic E-state index is 14.4. The third kappa shape index (κ3) is 4.58. The molecular formula is C26H26FN5O2. The van der Waals surface area contributed by atoms with Crippen molar-refractivity contribution in [2.45, 2.75) is 39.8 Å².